The van der Waals surface area contributed by atoms with Crippen molar-refractivity contribution in [1.29, 1.82) is 0 Å². The summed E-state index contributed by atoms with van der Waals surface area (Å²) in [7, 11) is 1.67. The van der Waals surface area contributed by atoms with Crippen molar-refractivity contribution in [2.45, 2.75) is 39.2 Å². The van der Waals surface area contributed by atoms with E-state index in [1.54, 1.807) is 7.11 Å². The molecule has 0 bridgehead atoms. The van der Waals surface area contributed by atoms with Crippen molar-refractivity contribution in [3.8, 4) is 5.75 Å². The van der Waals surface area contributed by atoms with Gasteiger partial charge in [-0.3, -0.25) is 0 Å². The van der Waals surface area contributed by atoms with Gasteiger partial charge < -0.3 is 9.84 Å². The van der Waals surface area contributed by atoms with E-state index in [4.69, 9.17) is 4.74 Å². The number of benzene rings is 1. The van der Waals surface area contributed by atoms with E-state index in [-0.39, 0.29) is 0 Å². The summed E-state index contributed by atoms with van der Waals surface area (Å²) in [5, 5.41) is 10.6. The highest BCUT2D eigenvalue weighted by atomic mass is 16.5. The molecule has 2 heteroatoms. The molecule has 0 amide bonds. The number of aliphatic hydroxyl groups excluding tert-OH is 1. The van der Waals surface area contributed by atoms with Gasteiger partial charge in [0.2, 0.25) is 0 Å². The number of allylic oxidation sites excluding steroid dienone is 2. The topological polar surface area (TPSA) is 29.5 Å². The van der Waals surface area contributed by atoms with Crippen molar-refractivity contribution in [2.75, 3.05) is 7.11 Å². The van der Waals surface area contributed by atoms with E-state index in [1.807, 2.05) is 13.0 Å². The third-order valence-electron chi connectivity index (χ3n) is 3.77. The average molecular weight is 246 g/mol. The van der Waals surface area contributed by atoms with Crippen LogP contribution in [0.5, 0.6) is 5.75 Å². The molecule has 2 unspecified atom stereocenters. The third kappa shape index (κ3) is 2.59. The van der Waals surface area contributed by atoms with Gasteiger partial charge in [0.25, 0.3) is 0 Å². The molecule has 1 aromatic rings. The Morgan fingerprint density at radius 3 is 2.67 bits per heavy atom. The highest BCUT2D eigenvalue weighted by Gasteiger charge is 2.25. The molecule has 0 spiro atoms. The standard InChI is InChI=1S/C16H22O2/c1-11-9-12(2)15(14(10-11)18-3)16(17)13-7-5-4-6-8-13/h4-5,9-10,13,16-17H,6-8H2,1-3H3. The summed E-state index contributed by atoms with van der Waals surface area (Å²) in [6.07, 6.45) is 7.02. The lowest BCUT2D eigenvalue weighted by molar-refractivity contribution is 0.0990. The molecule has 1 aliphatic rings. The number of hydrogen-bond acceptors (Lipinski definition) is 2. The SMILES string of the molecule is COc1cc(C)cc(C)c1C(O)C1CC=CCC1. The number of aliphatic hydroxyl groups is 1. The highest BCUT2D eigenvalue weighted by Crippen LogP contribution is 2.38. The maximum Gasteiger partial charge on any atom is 0.125 e. The summed E-state index contributed by atoms with van der Waals surface area (Å²) in [6.45, 7) is 4.10. The fourth-order valence-electron chi connectivity index (χ4n) is 2.83. The number of hydrogen-bond donors (Lipinski definition) is 1. The van der Waals surface area contributed by atoms with Crippen LogP contribution in [0.25, 0.3) is 0 Å². The van der Waals surface area contributed by atoms with Crippen molar-refractivity contribution >= 4 is 0 Å². The van der Waals surface area contributed by atoms with Gasteiger partial charge >= 0.3 is 0 Å². The van der Waals surface area contributed by atoms with Crippen LogP contribution in [0.15, 0.2) is 24.3 Å². The molecule has 2 rings (SSSR count). The molecule has 1 aromatic carbocycles. The Hall–Kier alpha value is -1.28. The second-order valence-electron chi connectivity index (χ2n) is 5.19. The van der Waals surface area contributed by atoms with Crippen LogP contribution in [0.4, 0.5) is 0 Å². The summed E-state index contributed by atoms with van der Waals surface area (Å²) in [4.78, 5) is 0. The molecule has 0 aromatic heterocycles. The molecule has 0 aliphatic heterocycles. The summed E-state index contributed by atoms with van der Waals surface area (Å²) < 4.78 is 5.44. The largest absolute Gasteiger partial charge is 0.496 e. The van der Waals surface area contributed by atoms with Crippen LogP contribution >= 0.6 is 0 Å². The third-order valence-corrected chi connectivity index (χ3v) is 3.77. The second-order valence-corrected chi connectivity index (χ2v) is 5.19. The molecule has 2 nitrogen and oxygen atoms in total. The van der Waals surface area contributed by atoms with Gasteiger partial charge in [0.15, 0.2) is 0 Å². The Morgan fingerprint density at radius 1 is 1.28 bits per heavy atom. The van der Waals surface area contributed by atoms with Gasteiger partial charge in [0, 0.05) is 5.56 Å². The minimum atomic E-state index is -0.425. The first kappa shape index (κ1) is 13.2. The first-order valence-electron chi connectivity index (χ1n) is 6.61. The van der Waals surface area contributed by atoms with Gasteiger partial charge in [-0.2, -0.15) is 0 Å². The fraction of sp³-hybridized carbons (Fsp3) is 0.500. The van der Waals surface area contributed by atoms with Crippen molar-refractivity contribution < 1.29 is 9.84 Å². The normalized spacial score (nSPS) is 20.8. The predicted molar refractivity (Wildman–Crippen MR) is 73.9 cm³/mol. The van der Waals surface area contributed by atoms with Crippen molar-refractivity contribution in [1.82, 2.24) is 0 Å². The lowest BCUT2D eigenvalue weighted by Gasteiger charge is -2.27. The second kappa shape index (κ2) is 5.57. The average Bonchev–Trinajstić information content (AvgIpc) is 2.38. The zero-order chi connectivity index (χ0) is 13.1. The Kier molecular flexibility index (Phi) is 4.07. The molecule has 0 saturated heterocycles. The Balaban J connectivity index is 2.34. The van der Waals surface area contributed by atoms with Crippen LogP contribution in [-0.2, 0) is 0 Å². The minimum absolute atomic E-state index is 0.310. The van der Waals surface area contributed by atoms with E-state index in [2.05, 4.69) is 25.1 Å². The number of methoxy groups -OCH3 is 1. The lowest BCUT2D eigenvalue weighted by atomic mass is 9.84. The van der Waals surface area contributed by atoms with E-state index in [0.29, 0.717) is 5.92 Å². The maximum atomic E-state index is 10.6. The predicted octanol–water partition coefficient (Wildman–Crippen LogP) is 3.70. The molecular weight excluding hydrogens is 224 g/mol. The van der Waals surface area contributed by atoms with Crippen LogP contribution in [0, 0.1) is 19.8 Å². The number of ether oxygens (including phenoxy) is 1. The van der Waals surface area contributed by atoms with E-state index in [1.165, 1.54) is 5.56 Å². The summed E-state index contributed by atoms with van der Waals surface area (Å²) >= 11 is 0. The Bertz CT molecular complexity index is 449. The fourth-order valence-corrected chi connectivity index (χ4v) is 2.83. The molecular formula is C16H22O2. The molecule has 2 atom stereocenters. The summed E-state index contributed by atoms with van der Waals surface area (Å²) in [6, 6.07) is 4.12. The molecule has 1 N–H and O–H groups in total. The number of rotatable bonds is 3. The zero-order valence-corrected chi connectivity index (χ0v) is 11.4. The minimum Gasteiger partial charge on any atom is -0.496 e. The van der Waals surface area contributed by atoms with Crippen molar-refractivity contribution in [2.24, 2.45) is 5.92 Å². The Morgan fingerprint density at radius 2 is 2.06 bits per heavy atom. The van der Waals surface area contributed by atoms with Gasteiger partial charge in [-0.1, -0.05) is 18.2 Å². The van der Waals surface area contributed by atoms with Crippen LogP contribution in [0.3, 0.4) is 0 Å². The van der Waals surface area contributed by atoms with Gasteiger partial charge in [0.1, 0.15) is 5.75 Å². The monoisotopic (exact) mass is 246 g/mol. The van der Waals surface area contributed by atoms with Gasteiger partial charge in [-0.15, -0.1) is 0 Å². The van der Waals surface area contributed by atoms with Crippen LogP contribution in [0.2, 0.25) is 0 Å². The molecule has 0 radical (unpaired) electrons. The van der Waals surface area contributed by atoms with E-state index < -0.39 is 6.10 Å². The molecule has 18 heavy (non-hydrogen) atoms. The van der Waals surface area contributed by atoms with E-state index in [9.17, 15) is 5.11 Å². The van der Waals surface area contributed by atoms with Crippen LogP contribution < -0.4 is 4.74 Å². The van der Waals surface area contributed by atoms with Crippen molar-refractivity contribution in [3.63, 3.8) is 0 Å². The maximum absolute atomic E-state index is 10.6. The molecule has 0 heterocycles. The summed E-state index contributed by atoms with van der Waals surface area (Å²) in [5.41, 5.74) is 3.25. The van der Waals surface area contributed by atoms with Crippen LogP contribution in [-0.4, -0.2) is 12.2 Å². The number of aryl methyl sites for hydroxylation is 2. The zero-order valence-electron chi connectivity index (χ0n) is 11.4. The molecule has 0 fully saturated rings. The first-order valence-corrected chi connectivity index (χ1v) is 6.61. The van der Waals surface area contributed by atoms with Crippen molar-refractivity contribution in [3.05, 3.63) is 41.0 Å². The van der Waals surface area contributed by atoms with E-state index >= 15 is 0 Å². The first-order chi connectivity index (χ1) is 8.63. The van der Waals surface area contributed by atoms with Gasteiger partial charge in [-0.25, -0.2) is 0 Å². The van der Waals surface area contributed by atoms with Crippen LogP contribution in [0.1, 0.15) is 42.1 Å². The summed E-state index contributed by atoms with van der Waals surface area (Å²) in [5.74, 6) is 1.12. The Labute approximate surface area is 109 Å². The quantitative estimate of drug-likeness (QED) is 0.824. The van der Waals surface area contributed by atoms with Gasteiger partial charge in [0.05, 0.1) is 13.2 Å². The molecule has 1 aliphatic carbocycles. The highest BCUT2D eigenvalue weighted by molar-refractivity contribution is 5.44. The molecule has 98 valence electrons. The smallest absolute Gasteiger partial charge is 0.125 e. The van der Waals surface area contributed by atoms with E-state index in [0.717, 1.165) is 36.1 Å². The lowest BCUT2D eigenvalue weighted by Crippen LogP contribution is -2.16. The van der Waals surface area contributed by atoms with Gasteiger partial charge in [-0.05, 0) is 56.2 Å². The molecule has 0 saturated carbocycles.